The molecular formula is C24H20FN5O3S. The van der Waals surface area contributed by atoms with Crippen molar-refractivity contribution in [1.82, 2.24) is 14.8 Å². The first-order chi connectivity index (χ1) is 16.5. The van der Waals surface area contributed by atoms with E-state index in [1.54, 1.807) is 12.1 Å². The number of nitrogens with one attached hydrogen (secondary N) is 1. The summed E-state index contributed by atoms with van der Waals surface area (Å²) in [6.07, 6.45) is 0.908. The second-order valence-corrected chi connectivity index (χ2v) is 8.35. The first-order valence-electron chi connectivity index (χ1n) is 10.4. The molecule has 0 unspecified atom stereocenters. The summed E-state index contributed by atoms with van der Waals surface area (Å²) < 4.78 is 14.9. The maximum Gasteiger partial charge on any atom is 0.269 e. The second-order valence-electron chi connectivity index (χ2n) is 7.29. The maximum absolute atomic E-state index is 13.0. The Morgan fingerprint density at radius 2 is 1.71 bits per heavy atom. The van der Waals surface area contributed by atoms with Gasteiger partial charge in [0.05, 0.1) is 4.92 Å². The van der Waals surface area contributed by atoms with Crippen LogP contribution in [0, 0.1) is 15.9 Å². The van der Waals surface area contributed by atoms with Crippen molar-refractivity contribution in [3.63, 3.8) is 0 Å². The highest BCUT2D eigenvalue weighted by Gasteiger charge is 2.17. The zero-order valence-electron chi connectivity index (χ0n) is 17.9. The summed E-state index contributed by atoms with van der Waals surface area (Å²) in [4.78, 5) is 22.7. The van der Waals surface area contributed by atoms with Crippen LogP contribution in [0.15, 0.2) is 84.0 Å². The van der Waals surface area contributed by atoms with Gasteiger partial charge in [0.25, 0.3) is 5.69 Å². The molecule has 0 spiro atoms. The van der Waals surface area contributed by atoms with Crippen LogP contribution in [0.5, 0.6) is 0 Å². The number of para-hydroxylation sites is 1. The van der Waals surface area contributed by atoms with Gasteiger partial charge in [-0.05, 0) is 55.0 Å². The quantitative estimate of drug-likeness (QED) is 0.148. The number of non-ortho nitro benzene ring substituents is 1. The summed E-state index contributed by atoms with van der Waals surface area (Å²) in [5, 5.41) is 23.0. The van der Waals surface area contributed by atoms with Crippen molar-refractivity contribution in [3.8, 4) is 17.1 Å². The Labute approximate surface area is 199 Å². The molecule has 1 amide bonds. The fourth-order valence-electron chi connectivity index (χ4n) is 3.25. The lowest BCUT2D eigenvalue weighted by Gasteiger charge is -2.10. The van der Waals surface area contributed by atoms with Crippen molar-refractivity contribution in [3.05, 3.63) is 94.8 Å². The van der Waals surface area contributed by atoms with Crippen LogP contribution in [0.4, 0.5) is 15.8 Å². The predicted octanol–water partition coefficient (Wildman–Crippen LogP) is 5.49. The van der Waals surface area contributed by atoms with Gasteiger partial charge in [0.1, 0.15) is 5.82 Å². The van der Waals surface area contributed by atoms with Crippen molar-refractivity contribution >= 4 is 29.0 Å². The molecule has 0 aliphatic carbocycles. The lowest BCUT2D eigenvalue weighted by atomic mass is 10.2. The van der Waals surface area contributed by atoms with Crippen LogP contribution < -0.4 is 5.32 Å². The monoisotopic (exact) mass is 477 g/mol. The molecule has 3 aromatic carbocycles. The summed E-state index contributed by atoms with van der Waals surface area (Å²) in [6, 6.07) is 21.4. The van der Waals surface area contributed by atoms with E-state index in [0.717, 1.165) is 5.69 Å². The van der Waals surface area contributed by atoms with Crippen LogP contribution in [0.25, 0.3) is 17.1 Å². The molecule has 10 heteroatoms. The third-order valence-electron chi connectivity index (χ3n) is 4.89. The molecule has 1 N–H and O–H groups in total. The van der Waals surface area contributed by atoms with Crippen LogP contribution in [0.2, 0.25) is 0 Å². The molecule has 0 bridgehead atoms. The minimum absolute atomic E-state index is 0.00281. The number of hydrogen-bond donors (Lipinski definition) is 1. The molecule has 0 saturated carbocycles. The molecule has 1 aromatic heterocycles. The number of rotatable bonds is 9. The zero-order chi connectivity index (χ0) is 23.9. The van der Waals surface area contributed by atoms with Gasteiger partial charge in [0, 0.05) is 41.2 Å². The largest absolute Gasteiger partial charge is 0.326 e. The van der Waals surface area contributed by atoms with Gasteiger partial charge in [-0.2, -0.15) is 0 Å². The van der Waals surface area contributed by atoms with Crippen molar-refractivity contribution < 1.29 is 14.1 Å². The highest BCUT2D eigenvalue weighted by Crippen LogP contribution is 2.29. The van der Waals surface area contributed by atoms with E-state index in [4.69, 9.17) is 0 Å². The first kappa shape index (κ1) is 23.1. The van der Waals surface area contributed by atoms with Gasteiger partial charge >= 0.3 is 0 Å². The number of anilines is 1. The number of carbonyl (C=O) groups is 1. The lowest BCUT2D eigenvalue weighted by Crippen LogP contribution is -2.11. The maximum atomic E-state index is 13.0. The number of halogens is 1. The predicted molar refractivity (Wildman–Crippen MR) is 128 cm³/mol. The topological polar surface area (TPSA) is 103 Å². The normalized spacial score (nSPS) is 10.7. The van der Waals surface area contributed by atoms with Gasteiger partial charge in [-0.1, -0.05) is 30.0 Å². The molecule has 4 rings (SSSR count). The average Bonchev–Trinajstić information content (AvgIpc) is 3.28. The van der Waals surface area contributed by atoms with Gasteiger partial charge in [-0.3, -0.25) is 19.5 Å². The molecule has 34 heavy (non-hydrogen) atoms. The third-order valence-corrected chi connectivity index (χ3v) is 5.91. The van der Waals surface area contributed by atoms with Gasteiger partial charge in [0.15, 0.2) is 11.0 Å². The molecule has 0 saturated heterocycles. The number of amides is 1. The number of aromatic nitrogens is 3. The number of nitrogens with zero attached hydrogens (tertiary/aromatic N) is 4. The number of benzene rings is 3. The van der Waals surface area contributed by atoms with Gasteiger partial charge < -0.3 is 5.32 Å². The molecule has 0 radical (unpaired) electrons. The summed E-state index contributed by atoms with van der Waals surface area (Å²) in [6.45, 7) is 0. The summed E-state index contributed by atoms with van der Waals surface area (Å²) in [5.74, 6) is 0.688. The minimum Gasteiger partial charge on any atom is -0.326 e. The van der Waals surface area contributed by atoms with E-state index in [9.17, 15) is 19.3 Å². The van der Waals surface area contributed by atoms with Crippen LogP contribution in [0.1, 0.15) is 12.8 Å². The molecule has 0 fully saturated rings. The number of nitro benzene ring substituents is 1. The fraction of sp³-hybridized carbons (Fsp3) is 0.125. The van der Waals surface area contributed by atoms with E-state index in [2.05, 4.69) is 15.5 Å². The van der Waals surface area contributed by atoms with E-state index < -0.39 is 4.92 Å². The minimum atomic E-state index is -0.445. The van der Waals surface area contributed by atoms with Crippen molar-refractivity contribution in [2.24, 2.45) is 0 Å². The van der Waals surface area contributed by atoms with Gasteiger partial charge in [0.2, 0.25) is 5.91 Å². The Hall–Kier alpha value is -4.05. The van der Waals surface area contributed by atoms with E-state index in [-0.39, 0.29) is 17.4 Å². The third kappa shape index (κ3) is 5.65. The molecule has 0 atom stereocenters. The van der Waals surface area contributed by atoms with Crippen molar-refractivity contribution in [1.29, 1.82) is 0 Å². The molecular weight excluding hydrogens is 457 g/mol. The molecule has 8 nitrogen and oxygen atoms in total. The van der Waals surface area contributed by atoms with Crippen molar-refractivity contribution in [2.75, 3.05) is 11.1 Å². The number of carbonyl (C=O) groups excluding carboxylic acids is 1. The van der Waals surface area contributed by atoms with Gasteiger partial charge in [-0.25, -0.2) is 4.39 Å². The average molecular weight is 478 g/mol. The zero-order valence-corrected chi connectivity index (χ0v) is 18.7. The molecule has 0 aliphatic rings. The van der Waals surface area contributed by atoms with E-state index in [0.29, 0.717) is 40.8 Å². The molecule has 0 aliphatic heterocycles. The molecule has 1 heterocycles. The van der Waals surface area contributed by atoms with E-state index >= 15 is 0 Å². The van der Waals surface area contributed by atoms with Crippen LogP contribution in [-0.2, 0) is 4.79 Å². The number of thioether (sulfide) groups is 1. The lowest BCUT2D eigenvalue weighted by molar-refractivity contribution is -0.384. The Bertz CT molecular complexity index is 1280. The standard InChI is InChI=1S/C24H20FN5O3S/c25-18-10-12-19(13-11-18)26-22(31)7-4-16-34-24-28-27-23(29(24)20-5-2-1-3-6-20)17-8-14-21(15-9-17)30(32)33/h1-3,5-6,8-15H,4,7,16H2,(H,26,31). The van der Waals surface area contributed by atoms with Crippen LogP contribution in [-0.4, -0.2) is 31.3 Å². The SMILES string of the molecule is O=C(CCCSc1nnc(-c2ccc([N+](=O)[O-])cc2)n1-c1ccccc1)Nc1ccc(F)cc1. The second kappa shape index (κ2) is 10.7. The highest BCUT2D eigenvalue weighted by atomic mass is 32.2. The summed E-state index contributed by atoms with van der Waals surface area (Å²) in [5.41, 5.74) is 2.11. The molecule has 172 valence electrons. The van der Waals surface area contributed by atoms with Gasteiger partial charge in [-0.15, -0.1) is 10.2 Å². The summed E-state index contributed by atoms with van der Waals surface area (Å²) >= 11 is 1.47. The van der Waals surface area contributed by atoms with E-state index in [1.807, 2.05) is 34.9 Å². The molecule has 4 aromatic rings. The Balaban J connectivity index is 1.45. The Morgan fingerprint density at radius 1 is 1.00 bits per heavy atom. The fourth-order valence-corrected chi connectivity index (χ4v) is 4.14. The van der Waals surface area contributed by atoms with Crippen LogP contribution in [0.3, 0.4) is 0 Å². The highest BCUT2D eigenvalue weighted by molar-refractivity contribution is 7.99. The smallest absolute Gasteiger partial charge is 0.269 e. The van der Waals surface area contributed by atoms with Crippen LogP contribution >= 0.6 is 11.8 Å². The first-order valence-corrected chi connectivity index (χ1v) is 11.4. The number of hydrogen-bond acceptors (Lipinski definition) is 6. The van der Waals surface area contributed by atoms with Crippen molar-refractivity contribution in [2.45, 2.75) is 18.0 Å². The number of nitro groups is 1. The Morgan fingerprint density at radius 3 is 2.38 bits per heavy atom. The Kier molecular flexibility index (Phi) is 7.28. The van der Waals surface area contributed by atoms with E-state index in [1.165, 1.54) is 48.2 Å². The summed E-state index contributed by atoms with van der Waals surface area (Å²) in [7, 11) is 0.